The summed E-state index contributed by atoms with van der Waals surface area (Å²) in [6, 6.07) is 16.6. The Kier molecular flexibility index (Phi) is 11.9. The summed E-state index contributed by atoms with van der Waals surface area (Å²) in [5.41, 5.74) is -3.76. The van der Waals surface area contributed by atoms with E-state index in [0.29, 0.717) is 12.0 Å². The maximum atomic E-state index is 15.0. The molecule has 2 aromatic carbocycles. The van der Waals surface area contributed by atoms with Gasteiger partial charge in [-0.25, -0.2) is 9.59 Å². The second-order valence-corrected chi connectivity index (χ2v) is 18.7. The molecule has 324 valence electrons. The van der Waals surface area contributed by atoms with Gasteiger partial charge in [0, 0.05) is 36.1 Å². The molecule has 1 aliphatic heterocycles. The number of ketones is 1. The van der Waals surface area contributed by atoms with Gasteiger partial charge in [-0.05, 0) is 70.1 Å². The first-order valence-corrected chi connectivity index (χ1v) is 20.5. The summed E-state index contributed by atoms with van der Waals surface area (Å²) in [6.45, 7) is 15.6. The molecule has 7 rings (SSSR count). The average molecular weight is 831 g/mol. The van der Waals surface area contributed by atoms with E-state index in [-0.39, 0.29) is 48.6 Å². The summed E-state index contributed by atoms with van der Waals surface area (Å²) in [4.78, 5) is 76.5. The number of fused-ring (bicyclic) bond motifs is 4. The Labute approximate surface area is 350 Å². The maximum absolute atomic E-state index is 15.0. The quantitative estimate of drug-likeness (QED) is 0.143. The van der Waals surface area contributed by atoms with Gasteiger partial charge in [0.15, 0.2) is 17.5 Å². The summed E-state index contributed by atoms with van der Waals surface area (Å²) in [5, 5.41) is 27.3. The van der Waals surface area contributed by atoms with Crippen LogP contribution in [0.2, 0.25) is 0 Å². The number of hydrogen-bond donors (Lipinski definition) is 4. The van der Waals surface area contributed by atoms with E-state index in [1.54, 1.807) is 42.5 Å². The lowest BCUT2D eigenvalue weighted by molar-refractivity contribution is -0.326. The third kappa shape index (κ3) is 7.72. The molecular weight excluding hydrogens is 773 g/mol. The Morgan fingerprint density at radius 3 is 2.10 bits per heavy atom. The van der Waals surface area contributed by atoms with Crippen molar-refractivity contribution in [3.63, 3.8) is 0 Å². The van der Waals surface area contributed by atoms with Crippen molar-refractivity contribution in [3.8, 4) is 0 Å². The third-order valence-corrected chi connectivity index (χ3v) is 13.6. The fourth-order valence-electron chi connectivity index (χ4n) is 10.8. The largest absolute Gasteiger partial charge is 0.481 e. The van der Waals surface area contributed by atoms with Gasteiger partial charge < -0.3 is 39.8 Å². The lowest BCUT2D eigenvalue weighted by Crippen LogP contribution is -2.78. The molecule has 2 amide bonds. The van der Waals surface area contributed by atoms with E-state index in [1.165, 1.54) is 13.8 Å². The van der Waals surface area contributed by atoms with Crippen LogP contribution in [0.3, 0.4) is 0 Å². The molecule has 4 N–H and O–H groups in total. The van der Waals surface area contributed by atoms with Crippen LogP contribution in [0.15, 0.2) is 72.3 Å². The predicted molar refractivity (Wildman–Crippen MR) is 217 cm³/mol. The van der Waals surface area contributed by atoms with E-state index >= 15 is 0 Å². The number of benzene rings is 2. The summed E-state index contributed by atoms with van der Waals surface area (Å²) in [6.07, 6.45) is -0.656. The van der Waals surface area contributed by atoms with Crippen LogP contribution in [-0.4, -0.2) is 87.6 Å². The molecular formula is C46H58N2O12. The van der Waals surface area contributed by atoms with Crippen molar-refractivity contribution in [2.45, 2.75) is 123 Å². The molecule has 4 aliphatic carbocycles. The zero-order valence-electron chi connectivity index (χ0n) is 35.8. The van der Waals surface area contributed by atoms with Crippen molar-refractivity contribution in [2.75, 3.05) is 6.61 Å². The molecule has 14 heteroatoms. The normalized spacial score (nSPS) is 33.6. The van der Waals surface area contributed by atoms with Crippen LogP contribution in [0.1, 0.15) is 104 Å². The topological polar surface area (TPSA) is 204 Å². The van der Waals surface area contributed by atoms with E-state index in [9.17, 15) is 33.9 Å². The van der Waals surface area contributed by atoms with Gasteiger partial charge in [-0.1, -0.05) is 81.0 Å². The molecule has 1 saturated heterocycles. The van der Waals surface area contributed by atoms with Crippen molar-refractivity contribution in [1.82, 2.24) is 10.6 Å². The lowest BCUT2D eigenvalue weighted by Gasteiger charge is -2.64. The van der Waals surface area contributed by atoms with Gasteiger partial charge in [0.2, 0.25) is 0 Å². The van der Waals surface area contributed by atoms with Crippen molar-refractivity contribution in [2.24, 2.45) is 34.5 Å². The van der Waals surface area contributed by atoms with Crippen molar-refractivity contribution in [1.29, 1.82) is 0 Å². The number of aliphatic hydroxyl groups is 1. The van der Waals surface area contributed by atoms with Gasteiger partial charge >= 0.3 is 29.9 Å². The van der Waals surface area contributed by atoms with Gasteiger partial charge in [0.25, 0.3) is 0 Å². The molecule has 14 nitrogen and oxygen atoms in total. The minimum Gasteiger partial charge on any atom is -0.481 e. The molecule has 2 aromatic rings. The zero-order valence-corrected chi connectivity index (χ0v) is 35.8. The predicted octanol–water partition coefficient (Wildman–Crippen LogP) is 5.72. The summed E-state index contributed by atoms with van der Waals surface area (Å²) in [5.74, 6) is -5.03. The highest BCUT2D eigenvalue weighted by molar-refractivity contribution is 5.96. The number of urea groups is 1. The van der Waals surface area contributed by atoms with Gasteiger partial charge in [-0.15, -0.1) is 0 Å². The average Bonchev–Trinajstić information content (AvgIpc) is 3.75. The number of carbonyl (C=O) groups excluding carboxylic acids is 5. The minimum atomic E-state index is -1.71. The van der Waals surface area contributed by atoms with Crippen LogP contribution in [0.4, 0.5) is 4.79 Å². The number of aliphatic carboxylic acids is 1. The van der Waals surface area contributed by atoms with Crippen LogP contribution in [0.25, 0.3) is 0 Å². The number of nitrogens with one attached hydrogen (secondary N) is 2. The molecule has 11 atom stereocenters. The number of carboxylic acids is 1. The van der Waals surface area contributed by atoms with Gasteiger partial charge in [0.1, 0.15) is 17.8 Å². The van der Waals surface area contributed by atoms with E-state index in [4.69, 9.17) is 24.1 Å². The van der Waals surface area contributed by atoms with E-state index in [2.05, 4.69) is 10.6 Å². The van der Waals surface area contributed by atoms with Crippen LogP contribution in [-0.2, 0) is 38.1 Å². The first-order chi connectivity index (χ1) is 28.0. The molecule has 4 fully saturated rings. The fourth-order valence-corrected chi connectivity index (χ4v) is 10.8. The van der Waals surface area contributed by atoms with Crippen molar-refractivity contribution in [3.05, 3.63) is 83.4 Å². The second kappa shape index (κ2) is 16.1. The van der Waals surface area contributed by atoms with Crippen molar-refractivity contribution < 1.29 is 57.9 Å². The van der Waals surface area contributed by atoms with E-state index < -0.39 is 82.1 Å². The Morgan fingerprint density at radius 1 is 0.950 bits per heavy atom. The van der Waals surface area contributed by atoms with E-state index in [1.807, 2.05) is 72.7 Å². The maximum Gasteiger partial charge on any atom is 0.338 e. The highest BCUT2D eigenvalue weighted by atomic mass is 16.6. The summed E-state index contributed by atoms with van der Waals surface area (Å²) >= 11 is 0. The molecule has 1 spiro atoms. The summed E-state index contributed by atoms with van der Waals surface area (Å²) in [7, 11) is 0. The number of esters is 3. The van der Waals surface area contributed by atoms with Crippen LogP contribution in [0.5, 0.6) is 0 Å². The Bertz CT molecular complexity index is 2050. The van der Waals surface area contributed by atoms with Gasteiger partial charge in [-0.3, -0.25) is 19.2 Å². The molecule has 0 radical (unpaired) electrons. The molecule has 4 unspecified atom stereocenters. The molecule has 1 heterocycles. The van der Waals surface area contributed by atoms with E-state index in [0.717, 1.165) is 11.1 Å². The monoisotopic (exact) mass is 830 g/mol. The number of Topliss-reactive ketones (excluding diaryl/α,β-unsaturated/α-hetero) is 1. The highest BCUT2D eigenvalue weighted by Crippen LogP contribution is 2.77. The van der Waals surface area contributed by atoms with Crippen LogP contribution >= 0.6 is 0 Å². The minimum absolute atomic E-state index is 0.00278. The number of amides is 2. The Balaban J connectivity index is 0.000000268. The van der Waals surface area contributed by atoms with Crippen molar-refractivity contribution >= 4 is 35.7 Å². The smallest absolute Gasteiger partial charge is 0.338 e. The van der Waals surface area contributed by atoms with Gasteiger partial charge in [-0.2, -0.15) is 0 Å². The number of rotatable bonds is 8. The standard InChI is InChI=1S/C32H38O9.C14H20N2O3/c1-16-12-13-31(37)27(40-28(36)20-10-8-7-9-11-20)25-30(41-19(4)34)15-38-22(30)14-21-17(2)32(21,25)26(35)24(39-18(3)33)23(16)29(31,5)6;1-14(2,3)16-13(19)15-11(9-12(17)18)10-7-5-4-6-8-10/h7-12,17,21-25,27,37H,13-15H2,1-6H3;4-8,11H,9H2,1-3H3,(H,17,18)(H2,15,16,19)/t17-,21?,22+,23?,24+,25?,27-,30-,31+,32?;11-/m01/s1. The van der Waals surface area contributed by atoms with Crippen LogP contribution in [0, 0.1) is 34.5 Å². The number of carboxylic acid groups (broad SMARTS) is 1. The van der Waals surface area contributed by atoms with Gasteiger partial charge in [0.05, 0.1) is 30.6 Å². The Morgan fingerprint density at radius 2 is 1.57 bits per heavy atom. The third-order valence-electron chi connectivity index (χ3n) is 13.6. The molecule has 60 heavy (non-hydrogen) atoms. The molecule has 0 aromatic heterocycles. The highest BCUT2D eigenvalue weighted by Gasteiger charge is 2.86. The molecule has 2 bridgehead atoms. The Hall–Kier alpha value is -5.08. The van der Waals surface area contributed by atoms with Crippen LogP contribution < -0.4 is 10.6 Å². The lowest BCUT2D eigenvalue weighted by atomic mass is 9.47. The SMILES string of the molecule is CC(=O)O[C@H]1C(=O)C23C(C[C@H]4OC[C@@]4(OC(C)=O)C2[C@H](OC(=O)c2ccccc2)[C@]2(O)CC=C(C)C1C2(C)C)[C@@H]3C.CC(C)(C)NC(=O)N[C@H](CC(=O)O)c1ccccc1. The first-order valence-electron chi connectivity index (χ1n) is 20.5. The first kappa shape index (κ1) is 44.5. The zero-order chi connectivity index (χ0) is 44.2. The molecule has 3 saturated carbocycles. The number of hydrogen-bond acceptors (Lipinski definition) is 11. The second-order valence-electron chi connectivity index (χ2n) is 18.7. The summed E-state index contributed by atoms with van der Waals surface area (Å²) < 4.78 is 24.3. The molecule has 5 aliphatic rings. The fraction of sp³-hybridized carbons (Fsp3) is 0.565. The number of ether oxygens (including phenoxy) is 4. The number of carbonyl (C=O) groups is 6.